The molecule has 1 atom stereocenters. The van der Waals surface area contributed by atoms with Gasteiger partial charge in [-0.1, -0.05) is 90.5 Å². The zero-order valence-corrected chi connectivity index (χ0v) is 22.5. The van der Waals surface area contributed by atoms with Gasteiger partial charge in [-0.2, -0.15) is 0 Å². The molecule has 0 aromatic heterocycles. The van der Waals surface area contributed by atoms with Gasteiger partial charge in [-0.15, -0.1) is 0 Å². The van der Waals surface area contributed by atoms with E-state index in [1.54, 1.807) is 23.1 Å². The van der Waals surface area contributed by atoms with Crippen LogP contribution in [0.1, 0.15) is 31.8 Å². The number of benzene rings is 4. The average Bonchev–Trinajstić information content (AvgIpc) is 3.14. The maximum Gasteiger partial charge on any atom is 0.320 e. The summed E-state index contributed by atoms with van der Waals surface area (Å²) in [4.78, 5) is 42.9. The smallest absolute Gasteiger partial charge is 0.320 e. The second-order valence-electron chi connectivity index (χ2n) is 10.1. The Labute approximate surface area is 237 Å². The highest BCUT2D eigenvalue weighted by Crippen LogP contribution is 2.32. The van der Waals surface area contributed by atoms with Gasteiger partial charge in [-0.3, -0.25) is 19.3 Å². The van der Waals surface area contributed by atoms with Crippen LogP contribution in [0, 0.1) is 0 Å². The molecule has 0 N–H and O–H groups in total. The van der Waals surface area contributed by atoms with Crippen LogP contribution in [0.3, 0.4) is 0 Å². The lowest BCUT2D eigenvalue weighted by Gasteiger charge is -2.34. The predicted octanol–water partition coefficient (Wildman–Crippen LogP) is 5.82. The number of carbonyl (C=O) groups is 3. The topological polar surface area (TPSA) is 66.9 Å². The summed E-state index contributed by atoms with van der Waals surface area (Å²) in [6, 6.07) is 30.2. The van der Waals surface area contributed by atoms with Gasteiger partial charge in [0.1, 0.15) is 6.61 Å². The Hall–Kier alpha value is -4.26. The third kappa shape index (κ3) is 5.16. The van der Waals surface area contributed by atoms with Gasteiger partial charge in [0.25, 0.3) is 5.91 Å². The minimum Gasteiger partial charge on any atom is -0.463 e. The van der Waals surface area contributed by atoms with Crippen molar-refractivity contribution in [2.24, 2.45) is 0 Å². The van der Waals surface area contributed by atoms with Gasteiger partial charge in [-0.05, 0) is 40.5 Å². The van der Waals surface area contributed by atoms with Gasteiger partial charge in [0.05, 0.1) is 23.2 Å². The van der Waals surface area contributed by atoms with E-state index in [0.717, 1.165) is 27.9 Å². The Morgan fingerprint density at radius 3 is 2.42 bits per heavy atom. The van der Waals surface area contributed by atoms with Crippen LogP contribution in [0.15, 0.2) is 97.1 Å². The third-order valence-corrected chi connectivity index (χ3v) is 7.83. The van der Waals surface area contributed by atoms with Gasteiger partial charge in [0.15, 0.2) is 5.78 Å². The molecule has 0 saturated carbocycles. The highest BCUT2D eigenvalue weighted by atomic mass is 35.5. The fraction of sp³-hybridized carbons (Fsp3) is 0.182. The van der Waals surface area contributed by atoms with Crippen molar-refractivity contribution in [2.45, 2.75) is 19.0 Å². The summed E-state index contributed by atoms with van der Waals surface area (Å²) in [5, 5.41) is 0.292. The van der Waals surface area contributed by atoms with Crippen LogP contribution in [-0.4, -0.2) is 48.3 Å². The third-order valence-electron chi connectivity index (χ3n) is 7.52. The largest absolute Gasteiger partial charge is 0.463 e. The lowest BCUT2D eigenvalue weighted by molar-refractivity contribution is -0.154. The number of fused-ring (bicyclic) bond motifs is 2. The Morgan fingerprint density at radius 2 is 1.60 bits per heavy atom. The minimum absolute atomic E-state index is 0.0250. The Bertz CT molecular complexity index is 1600. The number of ketones is 1. The number of anilines is 1. The molecule has 0 radical (unpaired) electrons. The number of para-hydroxylation sites is 1. The van der Waals surface area contributed by atoms with E-state index in [1.165, 1.54) is 0 Å². The Morgan fingerprint density at radius 1 is 0.850 bits per heavy atom. The van der Waals surface area contributed by atoms with E-state index in [9.17, 15) is 14.4 Å². The van der Waals surface area contributed by atoms with E-state index in [2.05, 4.69) is 4.90 Å². The highest BCUT2D eigenvalue weighted by Gasteiger charge is 2.36. The second-order valence-corrected chi connectivity index (χ2v) is 10.5. The van der Waals surface area contributed by atoms with Gasteiger partial charge in [0, 0.05) is 30.8 Å². The maximum atomic E-state index is 13.9. The summed E-state index contributed by atoms with van der Waals surface area (Å²) in [7, 11) is 0. The molecule has 0 bridgehead atoms. The monoisotopic (exact) mass is 550 g/mol. The summed E-state index contributed by atoms with van der Waals surface area (Å²) >= 11 is 6.69. The van der Waals surface area contributed by atoms with E-state index in [0.29, 0.717) is 29.2 Å². The predicted molar refractivity (Wildman–Crippen MR) is 155 cm³/mol. The molecule has 2 aliphatic rings. The molecule has 7 heteroatoms. The van der Waals surface area contributed by atoms with Crippen molar-refractivity contribution < 1.29 is 19.1 Å². The lowest BCUT2D eigenvalue weighted by atomic mass is 9.94. The summed E-state index contributed by atoms with van der Waals surface area (Å²) in [5.74, 6) is -0.514. The van der Waals surface area contributed by atoms with Crippen LogP contribution >= 0.6 is 11.6 Å². The summed E-state index contributed by atoms with van der Waals surface area (Å²) < 4.78 is 5.31. The number of halogens is 1. The molecule has 1 saturated heterocycles. The molecule has 0 spiro atoms. The quantitative estimate of drug-likeness (QED) is 0.231. The fourth-order valence-electron chi connectivity index (χ4n) is 5.48. The molecule has 2 aliphatic heterocycles. The molecule has 4 aromatic carbocycles. The standard InChI is InChI=1S/C33H27ClN2O4/c34-29-16-22(17-31(37)27-12-6-5-11-26(27)23-8-2-1-3-9-23)14-15-28(29)33(39)36-19-25-21-40-32(38)20-35(25)18-24-10-4-7-13-30(24)36/h1-16,25H,17-21H2/t25-/m0/s1. The number of Topliss-reactive ketones (excluding diaryl/α,β-unsaturated/α-hetero) is 1. The molecule has 4 aromatic rings. The number of esters is 1. The van der Waals surface area contributed by atoms with E-state index in [1.807, 2.05) is 78.9 Å². The molecule has 1 fully saturated rings. The lowest BCUT2D eigenvalue weighted by Crippen LogP contribution is -2.51. The number of cyclic esters (lactones) is 1. The van der Waals surface area contributed by atoms with Crippen LogP contribution < -0.4 is 4.90 Å². The first-order valence-corrected chi connectivity index (χ1v) is 13.6. The number of morpholine rings is 1. The van der Waals surface area contributed by atoms with E-state index in [4.69, 9.17) is 16.3 Å². The molecule has 0 aliphatic carbocycles. The van der Waals surface area contributed by atoms with Crippen molar-refractivity contribution in [1.82, 2.24) is 4.90 Å². The maximum absolute atomic E-state index is 13.9. The van der Waals surface area contributed by atoms with Crippen molar-refractivity contribution in [3.05, 3.63) is 124 Å². The van der Waals surface area contributed by atoms with Gasteiger partial charge in [-0.25, -0.2) is 0 Å². The van der Waals surface area contributed by atoms with Crippen LogP contribution in [0.4, 0.5) is 5.69 Å². The SMILES string of the molecule is O=C1CN2Cc3ccccc3N(C(=O)c3ccc(CC(=O)c4ccccc4-c4ccccc4)cc3Cl)C[C@H]2CO1. The molecule has 6 rings (SSSR count). The number of rotatable bonds is 5. The first-order chi connectivity index (χ1) is 19.5. The van der Waals surface area contributed by atoms with Crippen molar-refractivity contribution in [3.63, 3.8) is 0 Å². The van der Waals surface area contributed by atoms with Crippen LogP contribution in [0.2, 0.25) is 5.02 Å². The minimum atomic E-state index is -0.256. The van der Waals surface area contributed by atoms with Crippen molar-refractivity contribution in [1.29, 1.82) is 0 Å². The molecule has 200 valence electrons. The molecular formula is C33H27ClN2O4. The molecule has 2 heterocycles. The van der Waals surface area contributed by atoms with E-state index >= 15 is 0 Å². The highest BCUT2D eigenvalue weighted by molar-refractivity contribution is 6.34. The summed E-state index contributed by atoms with van der Waals surface area (Å²) in [5.41, 5.74) is 5.35. The van der Waals surface area contributed by atoms with Gasteiger partial charge >= 0.3 is 5.97 Å². The molecular weight excluding hydrogens is 524 g/mol. The summed E-state index contributed by atoms with van der Waals surface area (Å²) in [6.07, 6.45) is 0.160. The average molecular weight is 551 g/mol. The van der Waals surface area contributed by atoms with Crippen LogP contribution in [0.5, 0.6) is 0 Å². The summed E-state index contributed by atoms with van der Waals surface area (Å²) in [6.45, 7) is 1.35. The number of hydrogen-bond donors (Lipinski definition) is 0. The first kappa shape index (κ1) is 26.0. The second kappa shape index (κ2) is 11.1. The van der Waals surface area contributed by atoms with E-state index < -0.39 is 0 Å². The van der Waals surface area contributed by atoms with Crippen LogP contribution in [-0.2, 0) is 22.5 Å². The zero-order chi connectivity index (χ0) is 27.6. The Kier molecular flexibility index (Phi) is 7.20. The Balaban J connectivity index is 1.25. The molecule has 0 unspecified atom stereocenters. The van der Waals surface area contributed by atoms with E-state index in [-0.39, 0.29) is 43.3 Å². The van der Waals surface area contributed by atoms with Gasteiger partial charge < -0.3 is 9.64 Å². The number of ether oxygens (including phenoxy) is 1. The molecule has 40 heavy (non-hydrogen) atoms. The molecule has 6 nitrogen and oxygen atoms in total. The fourth-order valence-corrected chi connectivity index (χ4v) is 5.76. The molecule has 1 amide bonds. The number of hydrogen-bond acceptors (Lipinski definition) is 5. The van der Waals surface area contributed by atoms with Gasteiger partial charge in [0.2, 0.25) is 0 Å². The number of amides is 1. The van der Waals surface area contributed by atoms with Crippen molar-refractivity contribution in [2.75, 3.05) is 24.6 Å². The normalized spacial score (nSPS) is 16.9. The number of nitrogens with zero attached hydrogens (tertiary/aromatic N) is 2. The van der Waals surface area contributed by atoms with Crippen molar-refractivity contribution >= 4 is 34.9 Å². The first-order valence-electron chi connectivity index (χ1n) is 13.2. The van der Waals surface area contributed by atoms with Crippen molar-refractivity contribution in [3.8, 4) is 11.1 Å². The van der Waals surface area contributed by atoms with Crippen LogP contribution in [0.25, 0.3) is 11.1 Å². The number of carbonyl (C=O) groups excluding carboxylic acids is 3. The zero-order valence-electron chi connectivity index (χ0n) is 21.8.